The van der Waals surface area contributed by atoms with Gasteiger partial charge in [-0.15, -0.1) is 0 Å². The summed E-state index contributed by atoms with van der Waals surface area (Å²) >= 11 is 0. The van der Waals surface area contributed by atoms with E-state index in [0.29, 0.717) is 12.3 Å². The van der Waals surface area contributed by atoms with Crippen LogP contribution in [-0.2, 0) is 4.74 Å². The maximum Gasteiger partial charge on any atom is 0.163 e. The van der Waals surface area contributed by atoms with E-state index in [1.165, 1.54) is 24.8 Å². The molecule has 1 aliphatic carbocycles. The molecule has 2 aromatic carbocycles. The van der Waals surface area contributed by atoms with Crippen molar-refractivity contribution in [1.29, 1.82) is 0 Å². The molecule has 0 heterocycles. The van der Waals surface area contributed by atoms with Crippen LogP contribution in [0, 0.1) is 5.92 Å². The molecule has 2 nitrogen and oxygen atoms in total. The average Bonchev–Trinajstić information content (AvgIpc) is 2.60. The van der Waals surface area contributed by atoms with Gasteiger partial charge in [0, 0.05) is 12.0 Å². The number of carbonyl (C=O) groups is 1. The number of ether oxygens (including phenoxy) is 1. The van der Waals surface area contributed by atoms with Crippen LogP contribution in [0.3, 0.4) is 0 Å². The van der Waals surface area contributed by atoms with Gasteiger partial charge in [0.15, 0.2) is 5.78 Å². The van der Waals surface area contributed by atoms with Crippen LogP contribution >= 0.6 is 0 Å². The monoisotopic (exact) mass is 308 g/mol. The lowest BCUT2D eigenvalue weighted by molar-refractivity contribution is 0.0975. The van der Waals surface area contributed by atoms with Gasteiger partial charge in [0.2, 0.25) is 0 Å². The zero-order chi connectivity index (χ0) is 16.1. The van der Waals surface area contributed by atoms with Crippen LogP contribution in [0.1, 0.15) is 48.9 Å². The van der Waals surface area contributed by atoms with Gasteiger partial charge in [-0.2, -0.15) is 0 Å². The highest BCUT2D eigenvalue weighted by atomic mass is 16.5. The molecule has 0 aromatic heterocycles. The highest BCUT2D eigenvalue weighted by Gasteiger charge is 2.21. The van der Waals surface area contributed by atoms with Crippen LogP contribution in [0.5, 0.6) is 0 Å². The molecule has 2 heteroatoms. The molecular formula is C21H24O2. The number of Topliss-reactive ketones (excluding diaryl/α,β-unsaturated/α-hetero) is 1. The maximum absolute atomic E-state index is 12.7. The minimum absolute atomic E-state index is 0.254. The van der Waals surface area contributed by atoms with E-state index < -0.39 is 0 Å². The minimum atomic E-state index is 0.254. The number of allylic oxidation sites excluding steroid dienone is 1. The summed E-state index contributed by atoms with van der Waals surface area (Å²) in [5, 5.41) is 2.20. The molecule has 3 rings (SSSR count). The Morgan fingerprint density at radius 3 is 2.87 bits per heavy atom. The summed E-state index contributed by atoms with van der Waals surface area (Å²) in [6, 6.07) is 14.1. The van der Waals surface area contributed by atoms with Gasteiger partial charge in [-0.25, -0.2) is 0 Å². The lowest BCUT2D eigenvalue weighted by Gasteiger charge is -2.24. The van der Waals surface area contributed by atoms with E-state index in [1.54, 1.807) is 7.11 Å². The SMILES string of the molecule is CO/C=C1/CCCC[C@@H]1CCC(=O)c1cccc2ccccc12. The number of hydrogen-bond donors (Lipinski definition) is 0. The molecule has 0 N–H and O–H groups in total. The molecule has 2 aromatic rings. The van der Waals surface area contributed by atoms with Gasteiger partial charge in [0.25, 0.3) is 0 Å². The summed E-state index contributed by atoms with van der Waals surface area (Å²) in [5.74, 6) is 0.756. The summed E-state index contributed by atoms with van der Waals surface area (Å²) < 4.78 is 5.21. The normalized spacial score (nSPS) is 19.9. The molecule has 0 saturated heterocycles. The lowest BCUT2D eigenvalue weighted by Crippen LogP contribution is -2.13. The maximum atomic E-state index is 12.7. The number of benzene rings is 2. The van der Waals surface area contributed by atoms with Crippen molar-refractivity contribution in [3.05, 3.63) is 59.9 Å². The van der Waals surface area contributed by atoms with Crippen molar-refractivity contribution in [3.63, 3.8) is 0 Å². The predicted octanol–water partition coefficient (Wildman–Crippen LogP) is 5.52. The van der Waals surface area contributed by atoms with Crippen LogP contribution in [0.15, 0.2) is 54.3 Å². The third-order valence-corrected chi connectivity index (χ3v) is 4.87. The fourth-order valence-electron chi connectivity index (χ4n) is 3.65. The highest BCUT2D eigenvalue weighted by Crippen LogP contribution is 2.33. The lowest BCUT2D eigenvalue weighted by atomic mass is 9.81. The largest absolute Gasteiger partial charge is 0.504 e. The second-order valence-corrected chi connectivity index (χ2v) is 6.36. The smallest absolute Gasteiger partial charge is 0.163 e. The van der Waals surface area contributed by atoms with E-state index in [4.69, 9.17) is 4.74 Å². The summed E-state index contributed by atoms with van der Waals surface area (Å²) in [7, 11) is 1.71. The number of fused-ring (bicyclic) bond motifs is 1. The van der Waals surface area contributed by atoms with Crippen LogP contribution in [0.25, 0.3) is 10.8 Å². The van der Waals surface area contributed by atoms with Gasteiger partial charge < -0.3 is 4.74 Å². The van der Waals surface area contributed by atoms with Crippen molar-refractivity contribution >= 4 is 16.6 Å². The van der Waals surface area contributed by atoms with Gasteiger partial charge in [0.05, 0.1) is 13.4 Å². The summed E-state index contributed by atoms with van der Waals surface area (Å²) in [5.41, 5.74) is 2.24. The molecule has 0 aliphatic heterocycles. The van der Waals surface area contributed by atoms with Gasteiger partial charge in [0.1, 0.15) is 0 Å². The molecule has 1 atom stereocenters. The van der Waals surface area contributed by atoms with Gasteiger partial charge >= 0.3 is 0 Å². The third kappa shape index (κ3) is 3.64. The molecule has 120 valence electrons. The predicted molar refractivity (Wildman–Crippen MR) is 94.6 cm³/mol. The Hall–Kier alpha value is -2.09. The first-order valence-corrected chi connectivity index (χ1v) is 8.52. The Kier molecular flexibility index (Phi) is 5.12. The van der Waals surface area contributed by atoms with Gasteiger partial charge in [-0.05, 0) is 47.9 Å². The zero-order valence-corrected chi connectivity index (χ0v) is 13.8. The van der Waals surface area contributed by atoms with Gasteiger partial charge in [-0.1, -0.05) is 48.9 Å². The Morgan fingerprint density at radius 2 is 2.00 bits per heavy atom. The van der Waals surface area contributed by atoms with E-state index >= 15 is 0 Å². The van der Waals surface area contributed by atoms with Crippen molar-refractivity contribution in [2.75, 3.05) is 7.11 Å². The first kappa shape index (κ1) is 15.8. The number of methoxy groups -OCH3 is 1. The van der Waals surface area contributed by atoms with Crippen molar-refractivity contribution in [1.82, 2.24) is 0 Å². The van der Waals surface area contributed by atoms with Gasteiger partial charge in [-0.3, -0.25) is 4.79 Å². The Bertz CT molecular complexity index is 709. The first-order valence-electron chi connectivity index (χ1n) is 8.52. The first-order chi connectivity index (χ1) is 11.3. The standard InChI is InChI=1S/C21H24O2/c1-23-15-18-9-3-2-7-16(18)13-14-21(22)20-12-6-10-17-8-4-5-11-19(17)20/h4-6,8,10-12,15-16H,2-3,7,9,13-14H2,1H3/b18-15-/t16-/m1/s1. The summed E-state index contributed by atoms with van der Waals surface area (Å²) in [4.78, 5) is 12.7. The molecule has 0 bridgehead atoms. The van der Waals surface area contributed by atoms with Crippen molar-refractivity contribution in [3.8, 4) is 0 Å². The summed E-state index contributed by atoms with van der Waals surface area (Å²) in [6.45, 7) is 0. The molecule has 1 aliphatic rings. The van der Waals surface area contributed by atoms with Crippen LogP contribution in [0.4, 0.5) is 0 Å². The van der Waals surface area contributed by atoms with Crippen molar-refractivity contribution < 1.29 is 9.53 Å². The number of ketones is 1. The molecular weight excluding hydrogens is 284 g/mol. The Morgan fingerprint density at radius 1 is 1.17 bits per heavy atom. The molecule has 0 radical (unpaired) electrons. The van der Waals surface area contributed by atoms with E-state index in [9.17, 15) is 4.79 Å². The second kappa shape index (κ2) is 7.45. The number of carbonyl (C=O) groups excluding carboxylic acids is 1. The molecule has 1 fully saturated rings. The zero-order valence-electron chi connectivity index (χ0n) is 13.8. The minimum Gasteiger partial charge on any atom is -0.504 e. The number of rotatable bonds is 5. The van der Waals surface area contributed by atoms with Crippen molar-refractivity contribution in [2.24, 2.45) is 5.92 Å². The quantitative estimate of drug-likeness (QED) is 0.537. The summed E-state index contributed by atoms with van der Waals surface area (Å²) in [6.07, 6.45) is 8.22. The van der Waals surface area contributed by atoms with E-state index in [-0.39, 0.29) is 5.78 Å². The third-order valence-electron chi connectivity index (χ3n) is 4.87. The second-order valence-electron chi connectivity index (χ2n) is 6.36. The topological polar surface area (TPSA) is 26.3 Å². The van der Waals surface area contributed by atoms with E-state index in [1.807, 2.05) is 36.6 Å². The van der Waals surface area contributed by atoms with E-state index in [2.05, 4.69) is 12.1 Å². The van der Waals surface area contributed by atoms with Crippen LogP contribution in [0.2, 0.25) is 0 Å². The molecule has 0 spiro atoms. The van der Waals surface area contributed by atoms with Crippen LogP contribution in [-0.4, -0.2) is 12.9 Å². The Labute approximate surface area is 138 Å². The molecule has 0 unspecified atom stereocenters. The van der Waals surface area contributed by atoms with Crippen LogP contribution < -0.4 is 0 Å². The van der Waals surface area contributed by atoms with Crippen molar-refractivity contribution in [2.45, 2.75) is 38.5 Å². The van der Waals surface area contributed by atoms with E-state index in [0.717, 1.165) is 29.2 Å². The fraction of sp³-hybridized carbons (Fsp3) is 0.381. The fourth-order valence-corrected chi connectivity index (χ4v) is 3.65. The highest BCUT2D eigenvalue weighted by molar-refractivity contribution is 6.08. The molecule has 0 amide bonds. The number of hydrogen-bond acceptors (Lipinski definition) is 2. The average molecular weight is 308 g/mol. The molecule has 1 saturated carbocycles. The molecule has 23 heavy (non-hydrogen) atoms. The Balaban J connectivity index is 1.72.